The number of amides is 3. The number of anilines is 2. The van der Waals surface area contributed by atoms with E-state index in [4.69, 9.17) is 9.93 Å². The van der Waals surface area contributed by atoms with Crippen molar-refractivity contribution in [1.82, 2.24) is 10.5 Å². The first-order chi connectivity index (χ1) is 16.4. The Balaban J connectivity index is 1.49. The van der Waals surface area contributed by atoms with Crippen LogP contribution in [0.1, 0.15) is 34.3 Å². The van der Waals surface area contributed by atoms with E-state index >= 15 is 0 Å². The molecule has 4 rings (SSSR count). The highest BCUT2D eigenvalue weighted by Gasteiger charge is 2.31. The standard InChI is InChI=1S/C24H23N5O4S/c1-14(30)26-18-11-22-21(9-16(18)12-25)29(2)24(32)20(13-34-22)27-23(31)19-10-17(33-28-19)8-15-6-4-3-5-7-15/h3-7,9-12,20,25H,8,13H2,1-2H3,(H,26,30)(H,27,31)/t20-/m0/s1. The summed E-state index contributed by atoms with van der Waals surface area (Å²) in [6.07, 6.45) is 1.62. The van der Waals surface area contributed by atoms with Crippen LogP contribution in [0.25, 0.3) is 0 Å². The molecule has 10 heteroatoms. The van der Waals surface area contributed by atoms with Crippen LogP contribution in [0.2, 0.25) is 0 Å². The molecule has 9 nitrogen and oxygen atoms in total. The largest absolute Gasteiger partial charge is 0.360 e. The van der Waals surface area contributed by atoms with Crippen molar-refractivity contribution in [1.29, 1.82) is 5.41 Å². The molecule has 0 fully saturated rings. The minimum atomic E-state index is -0.795. The Bertz CT molecular complexity index is 1260. The Morgan fingerprint density at radius 3 is 2.74 bits per heavy atom. The fraction of sp³-hybridized carbons (Fsp3) is 0.208. The van der Waals surface area contributed by atoms with Crippen molar-refractivity contribution in [2.75, 3.05) is 23.0 Å². The Labute approximate surface area is 200 Å². The topological polar surface area (TPSA) is 128 Å². The predicted octanol–water partition coefficient (Wildman–Crippen LogP) is 3.09. The minimum Gasteiger partial charge on any atom is -0.360 e. The molecule has 0 aliphatic carbocycles. The number of carbonyl (C=O) groups excluding carboxylic acids is 3. The van der Waals surface area contributed by atoms with Crippen LogP contribution in [-0.4, -0.2) is 47.9 Å². The summed E-state index contributed by atoms with van der Waals surface area (Å²) in [5.74, 6) is -0.209. The van der Waals surface area contributed by atoms with Crippen molar-refractivity contribution < 1.29 is 18.9 Å². The van der Waals surface area contributed by atoms with Gasteiger partial charge in [-0.2, -0.15) is 0 Å². The van der Waals surface area contributed by atoms with E-state index in [9.17, 15) is 14.4 Å². The first kappa shape index (κ1) is 23.2. The maximum Gasteiger partial charge on any atom is 0.274 e. The summed E-state index contributed by atoms with van der Waals surface area (Å²) in [5.41, 5.74) is 2.71. The molecule has 0 bridgehead atoms. The minimum absolute atomic E-state index is 0.104. The number of nitrogens with zero attached hydrogens (tertiary/aromatic N) is 2. The summed E-state index contributed by atoms with van der Waals surface area (Å²) < 4.78 is 5.31. The van der Waals surface area contributed by atoms with Crippen molar-refractivity contribution in [3.63, 3.8) is 0 Å². The van der Waals surface area contributed by atoms with Crippen LogP contribution in [-0.2, 0) is 16.0 Å². The van der Waals surface area contributed by atoms with E-state index in [2.05, 4.69) is 15.8 Å². The van der Waals surface area contributed by atoms with Gasteiger partial charge >= 0.3 is 0 Å². The van der Waals surface area contributed by atoms with Crippen LogP contribution in [0.4, 0.5) is 11.4 Å². The number of likely N-dealkylation sites (N-methyl/N-ethyl adjacent to an activating group) is 1. The van der Waals surface area contributed by atoms with Crippen molar-refractivity contribution in [3.8, 4) is 0 Å². The van der Waals surface area contributed by atoms with Gasteiger partial charge in [0.05, 0.1) is 11.4 Å². The monoisotopic (exact) mass is 477 g/mol. The number of hydrogen-bond donors (Lipinski definition) is 3. The molecule has 2 heterocycles. The zero-order valence-corrected chi connectivity index (χ0v) is 19.4. The van der Waals surface area contributed by atoms with E-state index in [1.54, 1.807) is 25.2 Å². The van der Waals surface area contributed by atoms with E-state index in [1.807, 2.05) is 30.3 Å². The summed E-state index contributed by atoms with van der Waals surface area (Å²) in [4.78, 5) is 39.6. The molecule has 1 aliphatic heterocycles. The number of nitrogens with one attached hydrogen (secondary N) is 3. The molecule has 0 unspecified atom stereocenters. The maximum atomic E-state index is 13.1. The van der Waals surface area contributed by atoms with Gasteiger partial charge in [-0.3, -0.25) is 14.4 Å². The molecule has 1 aromatic heterocycles. The van der Waals surface area contributed by atoms with Gasteiger partial charge in [0, 0.05) is 48.9 Å². The lowest BCUT2D eigenvalue weighted by molar-refractivity contribution is -0.119. The number of benzene rings is 2. The molecule has 3 amide bonds. The molecule has 1 aliphatic rings. The SMILES string of the molecule is CC(=O)Nc1cc2c(cc1C=N)N(C)C(=O)[C@@H](NC(=O)c1cc(Cc3ccccc3)on1)CS2. The second-order valence-electron chi connectivity index (χ2n) is 7.81. The lowest BCUT2D eigenvalue weighted by Crippen LogP contribution is -2.48. The highest BCUT2D eigenvalue weighted by molar-refractivity contribution is 7.99. The molecular formula is C24H23N5O4S. The summed E-state index contributed by atoms with van der Waals surface area (Å²) in [7, 11) is 1.62. The van der Waals surface area contributed by atoms with Crippen LogP contribution in [0.15, 0.2) is 57.9 Å². The molecule has 0 saturated carbocycles. The second-order valence-corrected chi connectivity index (χ2v) is 8.87. The number of aromatic nitrogens is 1. The fourth-order valence-corrected chi connectivity index (χ4v) is 4.73. The average Bonchev–Trinajstić information content (AvgIpc) is 3.25. The van der Waals surface area contributed by atoms with Crippen LogP contribution in [0.5, 0.6) is 0 Å². The molecule has 0 radical (unpaired) electrons. The fourth-order valence-electron chi connectivity index (χ4n) is 3.61. The zero-order chi connectivity index (χ0) is 24.2. The van der Waals surface area contributed by atoms with Gasteiger partial charge in [-0.15, -0.1) is 11.8 Å². The summed E-state index contributed by atoms with van der Waals surface area (Å²) in [6, 6.07) is 13.9. The van der Waals surface area contributed by atoms with Gasteiger partial charge in [-0.05, 0) is 17.7 Å². The van der Waals surface area contributed by atoms with Gasteiger partial charge in [0.25, 0.3) is 5.91 Å². The first-order valence-electron chi connectivity index (χ1n) is 10.5. The normalized spacial score (nSPS) is 15.3. The van der Waals surface area contributed by atoms with Crippen LogP contribution >= 0.6 is 11.8 Å². The van der Waals surface area contributed by atoms with Gasteiger partial charge < -0.3 is 25.5 Å². The third-order valence-electron chi connectivity index (χ3n) is 5.31. The van der Waals surface area contributed by atoms with Gasteiger partial charge in [0.1, 0.15) is 11.8 Å². The Kier molecular flexibility index (Phi) is 6.78. The molecule has 174 valence electrons. The Morgan fingerprint density at radius 1 is 1.26 bits per heavy atom. The summed E-state index contributed by atoms with van der Waals surface area (Å²) in [6.45, 7) is 1.39. The highest BCUT2D eigenvalue weighted by Crippen LogP contribution is 2.37. The lowest BCUT2D eigenvalue weighted by Gasteiger charge is -2.22. The van der Waals surface area contributed by atoms with E-state index in [1.165, 1.54) is 23.6 Å². The summed E-state index contributed by atoms with van der Waals surface area (Å²) in [5, 5.41) is 17.0. The maximum absolute atomic E-state index is 13.1. The smallest absolute Gasteiger partial charge is 0.274 e. The number of carbonyl (C=O) groups is 3. The van der Waals surface area contributed by atoms with Gasteiger partial charge in [0.2, 0.25) is 11.8 Å². The Morgan fingerprint density at radius 2 is 2.03 bits per heavy atom. The predicted molar refractivity (Wildman–Crippen MR) is 130 cm³/mol. The lowest BCUT2D eigenvalue weighted by atomic mass is 10.1. The number of thioether (sulfide) groups is 1. The second kappa shape index (κ2) is 9.92. The van der Waals surface area contributed by atoms with Gasteiger partial charge in [-0.1, -0.05) is 35.5 Å². The van der Waals surface area contributed by atoms with Crippen molar-refractivity contribution in [2.45, 2.75) is 24.3 Å². The molecule has 0 spiro atoms. The van der Waals surface area contributed by atoms with Crippen molar-refractivity contribution in [3.05, 3.63) is 71.1 Å². The molecular weight excluding hydrogens is 454 g/mol. The molecule has 34 heavy (non-hydrogen) atoms. The zero-order valence-electron chi connectivity index (χ0n) is 18.6. The van der Waals surface area contributed by atoms with E-state index in [-0.39, 0.29) is 17.5 Å². The first-order valence-corrected chi connectivity index (χ1v) is 11.5. The number of hydrogen-bond acceptors (Lipinski definition) is 7. The molecule has 3 N–H and O–H groups in total. The van der Waals surface area contributed by atoms with Crippen LogP contribution in [0, 0.1) is 5.41 Å². The molecule has 2 aromatic carbocycles. The van der Waals surface area contributed by atoms with E-state index in [0.29, 0.717) is 34.9 Å². The molecule has 0 saturated heterocycles. The quantitative estimate of drug-likeness (QED) is 0.468. The average molecular weight is 478 g/mol. The van der Waals surface area contributed by atoms with Crippen molar-refractivity contribution in [2.24, 2.45) is 0 Å². The van der Waals surface area contributed by atoms with Gasteiger partial charge in [-0.25, -0.2) is 0 Å². The van der Waals surface area contributed by atoms with E-state index < -0.39 is 11.9 Å². The van der Waals surface area contributed by atoms with E-state index in [0.717, 1.165) is 16.7 Å². The summed E-state index contributed by atoms with van der Waals surface area (Å²) >= 11 is 1.38. The third kappa shape index (κ3) is 5.01. The Hall–Kier alpha value is -3.92. The third-order valence-corrected chi connectivity index (χ3v) is 6.45. The number of rotatable bonds is 6. The highest BCUT2D eigenvalue weighted by atomic mass is 32.2. The van der Waals surface area contributed by atoms with Crippen LogP contribution < -0.4 is 15.5 Å². The molecule has 3 aromatic rings. The molecule has 1 atom stereocenters. The van der Waals surface area contributed by atoms with Gasteiger partial charge in [0.15, 0.2) is 5.69 Å². The van der Waals surface area contributed by atoms with Crippen LogP contribution in [0.3, 0.4) is 0 Å². The number of fused-ring (bicyclic) bond motifs is 1. The van der Waals surface area contributed by atoms with Crippen molar-refractivity contribution >= 4 is 47.1 Å².